The van der Waals surface area contributed by atoms with E-state index in [0.717, 1.165) is 16.4 Å². The second kappa shape index (κ2) is 5.58. The third-order valence-electron chi connectivity index (χ3n) is 4.37. The van der Waals surface area contributed by atoms with Crippen LogP contribution < -0.4 is 0 Å². The molecule has 2 aromatic carbocycles. The molecule has 0 saturated carbocycles. The fraction of sp³-hybridized carbons (Fsp3) is 0.333. The van der Waals surface area contributed by atoms with Gasteiger partial charge in [0.05, 0.1) is 17.1 Å². The molecule has 6 heteroatoms. The lowest BCUT2D eigenvalue weighted by atomic mass is 10.1. The van der Waals surface area contributed by atoms with Crippen molar-refractivity contribution in [2.24, 2.45) is 0 Å². The molecule has 0 N–H and O–H groups in total. The average Bonchev–Trinajstić information content (AvgIpc) is 2.91. The molecule has 0 aliphatic carbocycles. The molecule has 1 saturated heterocycles. The first-order valence-electron chi connectivity index (χ1n) is 8.02. The minimum atomic E-state index is -3.55. The number of hydrogen-bond acceptors (Lipinski definition) is 4. The summed E-state index contributed by atoms with van der Waals surface area (Å²) in [6.07, 6.45) is -0.218. The van der Waals surface area contributed by atoms with E-state index in [1.54, 1.807) is 18.2 Å². The first-order valence-corrected chi connectivity index (χ1v) is 9.46. The summed E-state index contributed by atoms with van der Waals surface area (Å²) >= 11 is 0. The van der Waals surface area contributed by atoms with Crippen LogP contribution in [-0.4, -0.2) is 38.0 Å². The van der Waals surface area contributed by atoms with Gasteiger partial charge >= 0.3 is 0 Å². The molecule has 3 aromatic rings. The molecule has 2 unspecified atom stereocenters. The molecule has 0 bridgehead atoms. The smallest absolute Gasteiger partial charge is 0.243 e. The quantitative estimate of drug-likeness (QED) is 0.714. The van der Waals surface area contributed by atoms with Gasteiger partial charge in [0.2, 0.25) is 10.0 Å². The van der Waals surface area contributed by atoms with Crippen LogP contribution in [0.1, 0.15) is 13.8 Å². The van der Waals surface area contributed by atoms with Crippen LogP contribution in [0.15, 0.2) is 51.8 Å². The van der Waals surface area contributed by atoms with Crippen LogP contribution in [0.3, 0.4) is 0 Å². The minimum Gasteiger partial charge on any atom is -0.456 e. The minimum absolute atomic E-state index is 0.109. The van der Waals surface area contributed by atoms with Gasteiger partial charge in [-0.15, -0.1) is 0 Å². The van der Waals surface area contributed by atoms with Gasteiger partial charge in [-0.2, -0.15) is 4.31 Å². The predicted molar refractivity (Wildman–Crippen MR) is 92.5 cm³/mol. The third kappa shape index (κ3) is 2.51. The van der Waals surface area contributed by atoms with Gasteiger partial charge in [-0.3, -0.25) is 0 Å². The molecule has 126 valence electrons. The standard InChI is InChI=1S/C18H19NO4S/c1-12-10-19(11-13(2)22-12)24(20,21)14-7-8-18-16(9-14)15-5-3-4-6-17(15)23-18/h3-9,12-13H,10-11H2,1-2H3. The van der Waals surface area contributed by atoms with E-state index in [-0.39, 0.29) is 12.2 Å². The summed E-state index contributed by atoms with van der Waals surface area (Å²) in [7, 11) is -3.55. The summed E-state index contributed by atoms with van der Waals surface area (Å²) in [5.74, 6) is 0. The van der Waals surface area contributed by atoms with E-state index >= 15 is 0 Å². The van der Waals surface area contributed by atoms with Crippen LogP contribution in [0.25, 0.3) is 21.9 Å². The van der Waals surface area contributed by atoms with E-state index in [0.29, 0.717) is 23.6 Å². The summed E-state index contributed by atoms with van der Waals surface area (Å²) in [6.45, 7) is 4.53. The fourth-order valence-corrected chi connectivity index (χ4v) is 4.96. The van der Waals surface area contributed by atoms with Crippen molar-refractivity contribution >= 4 is 32.0 Å². The lowest BCUT2D eigenvalue weighted by Crippen LogP contribution is -2.48. The molecule has 2 heterocycles. The van der Waals surface area contributed by atoms with Crippen molar-refractivity contribution in [3.05, 3.63) is 42.5 Å². The van der Waals surface area contributed by atoms with E-state index in [2.05, 4.69) is 0 Å². The highest BCUT2D eigenvalue weighted by Gasteiger charge is 2.32. The Morgan fingerprint density at radius 2 is 1.62 bits per heavy atom. The van der Waals surface area contributed by atoms with Crippen molar-refractivity contribution in [2.75, 3.05) is 13.1 Å². The van der Waals surface area contributed by atoms with Gasteiger partial charge in [0, 0.05) is 23.9 Å². The molecule has 24 heavy (non-hydrogen) atoms. The third-order valence-corrected chi connectivity index (χ3v) is 6.20. The van der Waals surface area contributed by atoms with E-state index in [4.69, 9.17) is 9.15 Å². The second-order valence-corrected chi connectivity index (χ2v) is 8.27. The summed E-state index contributed by atoms with van der Waals surface area (Å²) in [6, 6.07) is 12.7. The van der Waals surface area contributed by atoms with Crippen LogP contribution >= 0.6 is 0 Å². The lowest BCUT2D eigenvalue weighted by Gasteiger charge is -2.34. The van der Waals surface area contributed by atoms with Gasteiger partial charge < -0.3 is 9.15 Å². The zero-order valence-corrected chi connectivity index (χ0v) is 14.4. The Morgan fingerprint density at radius 1 is 0.958 bits per heavy atom. The number of benzene rings is 2. The molecule has 2 atom stereocenters. The molecule has 4 rings (SSSR count). The first kappa shape index (κ1) is 15.6. The van der Waals surface area contributed by atoms with Crippen LogP contribution in [-0.2, 0) is 14.8 Å². The SMILES string of the molecule is CC1CN(S(=O)(=O)c2ccc3oc4ccccc4c3c2)CC(C)O1. The number of para-hydroxylation sites is 1. The molecule has 0 amide bonds. The van der Waals surface area contributed by atoms with Crippen molar-refractivity contribution in [1.29, 1.82) is 0 Å². The first-order chi connectivity index (χ1) is 11.4. The molecule has 1 aliphatic heterocycles. The number of ether oxygens (including phenoxy) is 1. The van der Waals surface area contributed by atoms with Crippen LogP contribution in [0.5, 0.6) is 0 Å². The highest BCUT2D eigenvalue weighted by atomic mass is 32.2. The van der Waals surface area contributed by atoms with Crippen molar-refractivity contribution in [3.63, 3.8) is 0 Å². The van der Waals surface area contributed by atoms with E-state index < -0.39 is 10.0 Å². The number of rotatable bonds is 2. The Hall–Kier alpha value is -1.89. The predicted octanol–water partition coefficient (Wildman–Crippen LogP) is 3.38. The summed E-state index contributed by atoms with van der Waals surface area (Å²) in [4.78, 5) is 0.294. The fourth-order valence-electron chi connectivity index (χ4n) is 3.34. The molecular formula is C18H19NO4S. The van der Waals surface area contributed by atoms with Crippen LogP contribution in [0.2, 0.25) is 0 Å². The Labute approximate surface area is 140 Å². The second-order valence-electron chi connectivity index (χ2n) is 6.34. The molecular weight excluding hydrogens is 326 g/mol. The maximum atomic E-state index is 13.0. The van der Waals surface area contributed by atoms with Gasteiger partial charge in [-0.1, -0.05) is 18.2 Å². The van der Waals surface area contributed by atoms with Gasteiger partial charge in [0.15, 0.2) is 0 Å². The van der Waals surface area contributed by atoms with Gasteiger partial charge in [0.1, 0.15) is 11.2 Å². The monoisotopic (exact) mass is 345 g/mol. The normalized spacial score (nSPS) is 23.1. The molecule has 1 aromatic heterocycles. The topological polar surface area (TPSA) is 59.8 Å². The average molecular weight is 345 g/mol. The maximum Gasteiger partial charge on any atom is 0.243 e. The van der Waals surface area contributed by atoms with Crippen molar-refractivity contribution < 1.29 is 17.6 Å². The molecule has 0 radical (unpaired) electrons. The van der Waals surface area contributed by atoms with Crippen molar-refractivity contribution in [3.8, 4) is 0 Å². The largest absolute Gasteiger partial charge is 0.456 e. The van der Waals surface area contributed by atoms with E-state index in [1.165, 1.54) is 4.31 Å². The zero-order valence-electron chi connectivity index (χ0n) is 13.6. The Balaban J connectivity index is 1.81. The number of nitrogens with zero attached hydrogens (tertiary/aromatic N) is 1. The highest BCUT2D eigenvalue weighted by Crippen LogP contribution is 2.31. The van der Waals surface area contributed by atoms with Crippen molar-refractivity contribution in [1.82, 2.24) is 4.31 Å². The van der Waals surface area contributed by atoms with Gasteiger partial charge in [-0.25, -0.2) is 8.42 Å². The molecule has 0 spiro atoms. The number of morpholine rings is 1. The van der Waals surface area contributed by atoms with Gasteiger partial charge in [-0.05, 0) is 38.1 Å². The summed E-state index contributed by atoms with van der Waals surface area (Å²) < 4.78 is 39.0. The Morgan fingerprint density at radius 3 is 2.38 bits per heavy atom. The van der Waals surface area contributed by atoms with Crippen molar-refractivity contribution in [2.45, 2.75) is 31.0 Å². The molecule has 1 fully saturated rings. The van der Waals surface area contributed by atoms with Crippen LogP contribution in [0.4, 0.5) is 0 Å². The Bertz CT molecular complexity index is 998. The maximum absolute atomic E-state index is 13.0. The zero-order chi connectivity index (χ0) is 16.9. The van der Waals surface area contributed by atoms with E-state index in [9.17, 15) is 8.42 Å². The summed E-state index contributed by atoms with van der Waals surface area (Å²) in [5, 5.41) is 1.74. The molecule has 5 nitrogen and oxygen atoms in total. The number of fused-ring (bicyclic) bond motifs is 3. The highest BCUT2D eigenvalue weighted by molar-refractivity contribution is 7.89. The van der Waals surface area contributed by atoms with Gasteiger partial charge in [0.25, 0.3) is 0 Å². The van der Waals surface area contributed by atoms with Crippen LogP contribution in [0, 0.1) is 0 Å². The van der Waals surface area contributed by atoms with E-state index in [1.807, 2.05) is 38.1 Å². The number of sulfonamides is 1. The Kier molecular flexibility index (Phi) is 3.63. The number of furan rings is 1. The number of hydrogen-bond donors (Lipinski definition) is 0. The lowest BCUT2D eigenvalue weighted by molar-refractivity contribution is -0.0440. The molecule has 1 aliphatic rings. The summed E-state index contributed by atoms with van der Waals surface area (Å²) in [5.41, 5.74) is 1.45.